The number of nitrogens with one attached hydrogen (secondary N) is 1. The maximum atomic E-state index is 12.5. The molecule has 0 fully saturated rings. The minimum absolute atomic E-state index is 0.120. The average molecular weight is 499 g/mol. The fourth-order valence-corrected chi connectivity index (χ4v) is 4.30. The van der Waals surface area contributed by atoms with E-state index in [0.717, 1.165) is 5.39 Å². The number of furan rings is 1. The zero-order valence-corrected chi connectivity index (χ0v) is 20.4. The van der Waals surface area contributed by atoms with E-state index in [4.69, 9.17) is 20.8 Å². The molecule has 34 heavy (non-hydrogen) atoms. The number of fused-ring (bicyclic) bond motifs is 1. The number of thioether (sulfide) groups is 1. The van der Waals surface area contributed by atoms with Gasteiger partial charge in [-0.15, -0.1) is 10.2 Å². The van der Waals surface area contributed by atoms with E-state index in [-0.39, 0.29) is 17.8 Å². The molecule has 0 radical (unpaired) electrons. The van der Waals surface area contributed by atoms with Crippen LogP contribution in [0.3, 0.4) is 0 Å². The number of benzene rings is 2. The van der Waals surface area contributed by atoms with E-state index < -0.39 is 5.97 Å². The van der Waals surface area contributed by atoms with Crippen LogP contribution in [-0.4, -0.2) is 38.5 Å². The molecule has 0 aliphatic carbocycles. The number of nitrogens with zero attached hydrogens (tertiary/aromatic N) is 3. The Hall–Kier alpha value is -3.30. The smallest absolute Gasteiger partial charge is 0.338 e. The second-order valence-electron chi connectivity index (χ2n) is 7.71. The second-order valence-corrected chi connectivity index (χ2v) is 9.09. The van der Waals surface area contributed by atoms with Crippen molar-refractivity contribution in [2.45, 2.75) is 38.6 Å². The Balaban J connectivity index is 1.43. The van der Waals surface area contributed by atoms with E-state index in [1.165, 1.54) is 11.8 Å². The number of anilines is 1. The predicted octanol–water partition coefficient (Wildman–Crippen LogP) is 5.66. The van der Waals surface area contributed by atoms with Crippen LogP contribution < -0.4 is 5.32 Å². The highest BCUT2D eigenvalue weighted by Crippen LogP contribution is 2.30. The van der Waals surface area contributed by atoms with Gasteiger partial charge in [0.25, 0.3) is 0 Å². The quantitative estimate of drug-likeness (QED) is 0.247. The van der Waals surface area contributed by atoms with Gasteiger partial charge in [-0.2, -0.15) is 0 Å². The molecule has 0 aliphatic rings. The molecule has 0 aliphatic heterocycles. The van der Waals surface area contributed by atoms with Gasteiger partial charge in [0.05, 0.1) is 17.4 Å². The Morgan fingerprint density at radius 2 is 2.00 bits per heavy atom. The molecule has 0 bridgehead atoms. The number of rotatable bonds is 8. The lowest BCUT2D eigenvalue weighted by Crippen LogP contribution is -2.16. The van der Waals surface area contributed by atoms with Gasteiger partial charge in [-0.1, -0.05) is 29.4 Å². The van der Waals surface area contributed by atoms with E-state index >= 15 is 0 Å². The number of esters is 1. The number of carbonyl (C=O) groups excluding carboxylic acids is 2. The molecule has 1 amide bonds. The van der Waals surface area contributed by atoms with Crippen molar-refractivity contribution in [2.75, 3.05) is 11.1 Å². The van der Waals surface area contributed by atoms with Gasteiger partial charge in [0.1, 0.15) is 5.58 Å². The lowest BCUT2D eigenvalue weighted by atomic mass is 10.2. The molecule has 2 heterocycles. The first-order valence-electron chi connectivity index (χ1n) is 10.7. The molecule has 0 spiro atoms. The van der Waals surface area contributed by atoms with Crippen LogP contribution in [-0.2, 0) is 16.1 Å². The van der Waals surface area contributed by atoms with Crippen molar-refractivity contribution in [2.24, 2.45) is 0 Å². The standard InChI is InChI=1S/C24H23ClN4O4S/c1-4-29-22(20-12-16-10-17(25)8-9-19(16)33-20)27-28-24(29)34-13-21(30)26-18-7-5-6-15(11-18)23(31)32-14(2)3/h5-12,14H,4,13H2,1-3H3,(H,26,30). The van der Waals surface area contributed by atoms with E-state index in [1.54, 1.807) is 44.2 Å². The number of carbonyl (C=O) groups is 2. The van der Waals surface area contributed by atoms with Crippen molar-refractivity contribution in [1.29, 1.82) is 0 Å². The molecule has 2 aromatic carbocycles. The number of hydrogen-bond donors (Lipinski definition) is 1. The summed E-state index contributed by atoms with van der Waals surface area (Å²) in [7, 11) is 0. The zero-order valence-electron chi connectivity index (χ0n) is 18.9. The first-order chi connectivity index (χ1) is 16.3. The fraction of sp³-hybridized carbons (Fsp3) is 0.250. The third kappa shape index (κ3) is 5.43. The summed E-state index contributed by atoms with van der Waals surface area (Å²) in [5.41, 5.74) is 1.60. The summed E-state index contributed by atoms with van der Waals surface area (Å²) in [4.78, 5) is 24.6. The third-order valence-corrected chi connectivity index (χ3v) is 5.99. The maximum Gasteiger partial charge on any atom is 0.338 e. The molecule has 4 aromatic rings. The molecular formula is C24H23ClN4O4S. The Kier molecular flexibility index (Phi) is 7.23. The molecule has 8 nitrogen and oxygen atoms in total. The van der Waals surface area contributed by atoms with Crippen molar-refractivity contribution in [1.82, 2.24) is 14.8 Å². The minimum atomic E-state index is -0.433. The summed E-state index contributed by atoms with van der Waals surface area (Å²) in [5, 5.41) is 13.4. The number of amides is 1. The van der Waals surface area contributed by atoms with E-state index in [9.17, 15) is 9.59 Å². The van der Waals surface area contributed by atoms with Crippen LogP contribution in [0.15, 0.2) is 58.1 Å². The highest BCUT2D eigenvalue weighted by atomic mass is 35.5. The van der Waals surface area contributed by atoms with Crippen LogP contribution in [0.5, 0.6) is 0 Å². The molecule has 176 valence electrons. The van der Waals surface area contributed by atoms with E-state index in [2.05, 4.69) is 15.5 Å². The van der Waals surface area contributed by atoms with Crippen LogP contribution >= 0.6 is 23.4 Å². The Bertz CT molecular complexity index is 1350. The fourth-order valence-electron chi connectivity index (χ4n) is 3.32. The van der Waals surface area contributed by atoms with Gasteiger partial charge in [-0.05, 0) is 63.2 Å². The topological polar surface area (TPSA) is 99.2 Å². The molecule has 4 rings (SSSR count). The Morgan fingerprint density at radius 3 is 2.76 bits per heavy atom. The van der Waals surface area contributed by atoms with Gasteiger partial charge in [0.15, 0.2) is 10.9 Å². The monoisotopic (exact) mass is 498 g/mol. The molecule has 0 saturated carbocycles. The van der Waals surface area contributed by atoms with E-state index in [0.29, 0.717) is 45.1 Å². The molecule has 0 unspecified atom stereocenters. The summed E-state index contributed by atoms with van der Waals surface area (Å²) >= 11 is 7.34. The van der Waals surface area contributed by atoms with Gasteiger partial charge in [-0.25, -0.2) is 4.79 Å². The molecule has 2 aromatic heterocycles. The lowest BCUT2D eigenvalue weighted by Gasteiger charge is -2.10. The van der Waals surface area contributed by atoms with Crippen LogP contribution in [0.1, 0.15) is 31.1 Å². The van der Waals surface area contributed by atoms with Gasteiger partial charge in [0.2, 0.25) is 11.7 Å². The maximum absolute atomic E-state index is 12.5. The van der Waals surface area contributed by atoms with Crippen LogP contribution in [0.2, 0.25) is 5.02 Å². The summed E-state index contributed by atoms with van der Waals surface area (Å²) in [5.74, 6) is 0.609. The van der Waals surface area contributed by atoms with Gasteiger partial charge < -0.3 is 14.5 Å². The molecule has 1 N–H and O–H groups in total. The van der Waals surface area contributed by atoms with Gasteiger partial charge in [-0.3, -0.25) is 9.36 Å². The van der Waals surface area contributed by atoms with Crippen LogP contribution in [0.25, 0.3) is 22.6 Å². The predicted molar refractivity (Wildman–Crippen MR) is 132 cm³/mol. The van der Waals surface area contributed by atoms with Crippen LogP contribution in [0, 0.1) is 0 Å². The van der Waals surface area contributed by atoms with Gasteiger partial charge in [0, 0.05) is 22.6 Å². The highest BCUT2D eigenvalue weighted by molar-refractivity contribution is 7.99. The SMILES string of the molecule is CCn1c(SCC(=O)Nc2cccc(C(=O)OC(C)C)c2)nnc1-c1cc2cc(Cl)ccc2o1. The first kappa shape index (κ1) is 23.8. The number of halogens is 1. The Labute approximate surface area is 205 Å². The highest BCUT2D eigenvalue weighted by Gasteiger charge is 2.18. The molecule has 0 atom stereocenters. The molecular weight excluding hydrogens is 476 g/mol. The van der Waals surface area contributed by atoms with Crippen molar-refractivity contribution >= 4 is 51.9 Å². The molecule has 0 saturated heterocycles. The lowest BCUT2D eigenvalue weighted by molar-refractivity contribution is -0.113. The zero-order chi connectivity index (χ0) is 24.2. The largest absolute Gasteiger partial charge is 0.459 e. The number of aromatic nitrogens is 3. The first-order valence-corrected chi connectivity index (χ1v) is 12.1. The van der Waals surface area contributed by atoms with E-state index in [1.807, 2.05) is 29.7 Å². The van der Waals surface area contributed by atoms with Crippen molar-refractivity contribution in [3.8, 4) is 11.6 Å². The third-order valence-electron chi connectivity index (χ3n) is 4.79. The van der Waals surface area contributed by atoms with Crippen molar-refractivity contribution in [3.05, 3.63) is 59.1 Å². The summed E-state index contributed by atoms with van der Waals surface area (Å²) in [6.45, 7) is 6.14. The number of ether oxygens (including phenoxy) is 1. The van der Waals surface area contributed by atoms with Gasteiger partial charge >= 0.3 is 5.97 Å². The second kappa shape index (κ2) is 10.3. The molecule has 10 heteroatoms. The minimum Gasteiger partial charge on any atom is -0.459 e. The normalized spacial score (nSPS) is 11.2. The average Bonchev–Trinajstić information content (AvgIpc) is 3.40. The summed E-state index contributed by atoms with van der Waals surface area (Å²) in [6, 6.07) is 13.9. The number of hydrogen-bond acceptors (Lipinski definition) is 7. The van der Waals surface area contributed by atoms with Crippen molar-refractivity contribution < 1.29 is 18.7 Å². The van der Waals surface area contributed by atoms with Crippen molar-refractivity contribution in [3.63, 3.8) is 0 Å². The summed E-state index contributed by atoms with van der Waals surface area (Å²) in [6.07, 6.45) is -0.222. The Morgan fingerprint density at radius 1 is 1.18 bits per heavy atom. The van der Waals surface area contributed by atoms with Crippen LogP contribution in [0.4, 0.5) is 5.69 Å². The summed E-state index contributed by atoms with van der Waals surface area (Å²) < 4.78 is 13.0.